The number of hydrogen-bond donors (Lipinski definition) is 0. The summed E-state index contributed by atoms with van der Waals surface area (Å²) in [6.45, 7) is 1.44. The third kappa shape index (κ3) is 4.86. The van der Waals surface area contributed by atoms with Crippen molar-refractivity contribution >= 4 is 49.0 Å². The summed E-state index contributed by atoms with van der Waals surface area (Å²) in [6, 6.07) is 9.73. The van der Waals surface area contributed by atoms with Crippen molar-refractivity contribution in [3.8, 4) is 0 Å². The van der Waals surface area contributed by atoms with Gasteiger partial charge in [0.2, 0.25) is 0 Å². The van der Waals surface area contributed by atoms with Crippen LogP contribution in [0.4, 0.5) is 5.69 Å². The maximum absolute atomic E-state index is 12.8. The molecule has 0 saturated carbocycles. The van der Waals surface area contributed by atoms with Gasteiger partial charge in [0.15, 0.2) is 14.6 Å². The van der Waals surface area contributed by atoms with Crippen LogP contribution >= 0.6 is 11.3 Å². The molecule has 162 valence electrons. The Kier molecular flexibility index (Phi) is 6.32. The number of carbonyl (C=O) groups is 2. The number of nitro benzene ring substituents is 1. The molecule has 0 N–H and O–H groups in total. The Balaban J connectivity index is 2.21. The lowest BCUT2D eigenvalue weighted by molar-refractivity contribution is -0.384. The fourth-order valence-electron chi connectivity index (χ4n) is 2.86. The molecule has 10 nitrogen and oxygen atoms in total. The summed E-state index contributed by atoms with van der Waals surface area (Å²) in [4.78, 5) is 39.4. The van der Waals surface area contributed by atoms with Crippen molar-refractivity contribution in [2.75, 3.05) is 12.9 Å². The molecule has 0 aliphatic rings. The standard InChI is InChI=1S/C19H17N3O7S2/c1-3-29-17(23)11-21-14-10-12(22(25)26)8-9-15(14)30-19(21)20-18(24)13-6-4-5-7-16(13)31(2,27)28/h4-10H,3,11H2,1-2H3. The van der Waals surface area contributed by atoms with Gasteiger partial charge in [0.25, 0.3) is 11.6 Å². The van der Waals surface area contributed by atoms with E-state index in [0.717, 1.165) is 17.6 Å². The molecule has 0 aliphatic heterocycles. The molecule has 3 aromatic rings. The fourth-order valence-corrected chi connectivity index (χ4v) is 4.75. The zero-order chi connectivity index (χ0) is 22.8. The number of thiazole rings is 1. The Bertz CT molecular complexity index is 1370. The van der Waals surface area contributed by atoms with Gasteiger partial charge in [-0.25, -0.2) is 8.42 Å². The largest absolute Gasteiger partial charge is 0.465 e. The highest BCUT2D eigenvalue weighted by atomic mass is 32.2. The number of amides is 1. The second-order valence-electron chi connectivity index (χ2n) is 6.37. The van der Waals surface area contributed by atoms with Crippen molar-refractivity contribution in [1.29, 1.82) is 0 Å². The number of aromatic nitrogens is 1. The Morgan fingerprint density at radius 3 is 2.58 bits per heavy atom. The van der Waals surface area contributed by atoms with Crippen molar-refractivity contribution in [1.82, 2.24) is 4.57 Å². The molecule has 0 saturated heterocycles. The number of esters is 1. The Morgan fingerprint density at radius 2 is 1.94 bits per heavy atom. The first-order valence-electron chi connectivity index (χ1n) is 8.93. The van der Waals surface area contributed by atoms with Gasteiger partial charge in [0.1, 0.15) is 6.54 Å². The number of benzene rings is 2. The molecule has 31 heavy (non-hydrogen) atoms. The third-order valence-electron chi connectivity index (χ3n) is 4.18. The van der Waals surface area contributed by atoms with Gasteiger partial charge in [-0.05, 0) is 25.1 Å². The summed E-state index contributed by atoms with van der Waals surface area (Å²) in [5, 5.41) is 11.2. The minimum absolute atomic E-state index is 0.0804. The fraction of sp³-hybridized carbons (Fsp3) is 0.211. The van der Waals surface area contributed by atoms with Crippen LogP contribution < -0.4 is 4.80 Å². The Morgan fingerprint density at radius 1 is 1.23 bits per heavy atom. The quantitative estimate of drug-likeness (QED) is 0.311. The highest BCUT2D eigenvalue weighted by Crippen LogP contribution is 2.23. The SMILES string of the molecule is CCOC(=O)Cn1c(=NC(=O)c2ccccc2S(C)(=O)=O)sc2ccc([N+](=O)[O-])cc21. The van der Waals surface area contributed by atoms with Gasteiger partial charge >= 0.3 is 5.97 Å². The van der Waals surface area contributed by atoms with Crippen molar-refractivity contribution in [2.45, 2.75) is 18.4 Å². The van der Waals surface area contributed by atoms with E-state index in [0.29, 0.717) is 10.2 Å². The van der Waals surface area contributed by atoms with Gasteiger partial charge in [0.05, 0.1) is 32.2 Å². The van der Waals surface area contributed by atoms with E-state index in [4.69, 9.17) is 4.74 Å². The normalized spacial score (nSPS) is 12.1. The zero-order valence-corrected chi connectivity index (χ0v) is 18.1. The molecular formula is C19H17N3O7S2. The lowest BCUT2D eigenvalue weighted by Crippen LogP contribution is -2.23. The van der Waals surface area contributed by atoms with Gasteiger partial charge in [-0.3, -0.25) is 19.7 Å². The summed E-state index contributed by atoms with van der Waals surface area (Å²) >= 11 is 1.04. The molecule has 2 aromatic carbocycles. The number of hydrogen-bond acceptors (Lipinski definition) is 8. The summed E-state index contributed by atoms with van der Waals surface area (Å²) in [5.41, 5.74) is 0.0227. The molecule has 0 bridgehead atoms. The highest BCUT2D eigenvalue weighted by Gasteiger charge is 2.20. The topological polar surface area (TPSA) is 138 Å². The third-order valence-corrected chi connectivity index (χ3v) is 6.40. The van der Waals surface area contributed by atoms with Gasteiger partial charge in [-0.2, -0.15) is 4.99 Å². The molecule has 0 atom stereocenters. The molecule has 0 unspecified atom stereocenters. The van der Waals surface area contributed by atoms with E-state index in [1.54, 1.807) is 6.92 Å². The van der Waals surface area contributed by atoms with E-state index >= 15 is 0 Å². The number of ether oxygens (including phenoxy) is 1. The van der Waals surface area contributed by atoms with Crippen LogP contribution in [0.2, 0.25) is 0 Å². The number of nitrogens with zero attached hydrogens (tertiary/aromatic N) is 3. The predicted octanol–water partition coefficient (Wildman–Crippen LogP) is 2.32. The van der Waals surface area contributed by atoms with Crippen LogP contribution in [-0.2, 0) is 25.9 Å². The lowest BCUT2D eigenvalue weighted by Gasteiger charge is -2.06. The van der Waals surface area contributed by atoms with E-state index in [2.05, 4.69) is 4.99 Å². The molecule has 1 amide bonds. The minimum Gasteiger partial charge on any atom is -0.465 e. The van der Waals surface area contributed by atoms with Crippen molar-refractivity contribution in [2.24, 2.45) is 4.99 Å². The first-order chi connectivity index (χ1) is 14.6. The van der Waals surface area contributed by atoms with Gasteiger partial charge in [0, 0.05) is 18.4 Å². The second kappa shape index (κ2) is 8.78. The average molecular weight is 463 g/mol. The van der Waals surface area contributed by atoms with E-state index in [1.807, 2.05) is 0 Å². The molecule has 3 rings (SSSR count). The van der Waals surface area contributed by atoms with E-state index in [9.17, 15) is 28.1 Å². The summed E-state index contributed by atoms with van der Waals surface area (Å²) in [5.74, 6) is -1.43. The summed E-state index contributed by atoms with van der Waals surface area (Å²) in [6.07, 6.45) is 0.985. The van der Waals surface area contributed by atoms with E-state index in [1.165, 1.54) is 47.0 Å². The number of sulfone groups is 1. The van der Waals surface area contributed by atoms with Crippen molar-refractivity contribution in [3.63, 3.8) is 0 Å². The second-order valence-corrected chi connectivity index (χ2v) is 9.36. The smallest absolute Gasteiger partial charge is 0.326 e. The monoisotopic (exact) mass is 463 g/mol. The molecule has 0 aliphatic carbocycles. The van der Waals surface area contributed by atoms with Crippen molar-refractivity contribution in [3.05, 3.63) is 62.9 Å². The van der Waals surface area contributed by atoms with E-state index < -0.39 is 26.6 Å². The number of nitro groups is 1. The molecular weight excluding hydrogens is 446 g/mol. The van der Waals surface area contributed by atoms with E-state index in [-0.39, 0.29) is 34.1 Å². The van der Waals surface area contributed by atoms with Gasteiger partial charge < -0.3 is 9.30 Å². The Labute approximate surface area is 180 Å². The summed E-state index contributed by atoms with van der Waals surface area (Å²) < 4.78 is 30.9. The number of carbonyl (C=O) groups excluding carboxylic acids is 2. The molecule has 0 radical (unpaired) electrons. The maximum Gasteiger partial charge on any atom is 0.326 e. The molecule has 0 spiro atoms. The average Bonchev–Trinajstić information content (AvgIpc) is 3.03. The van der Waals surface area contributed by atoms with Gasteiger partial charge in [-0.1, -0.05) is 23.5 Å². The lowest BCUT2D eigenvalue weighted by atomic mass is 10.2. The molecule has 1 aromatic heterocycles. The van der Waals surface area contributed by atoms with Crippen LogP contribution in [0.15, 0.2) is 52.4 Å². The van der Waals surface area contributed by atoms with Crippen molar-refractivity contribution < 1.29 is 27.7 Å². The number of rotatable bonds is 6. The molecule has 1 heterocycles. The predicted molar refractivity (Wildman–Crippen MR) is 113 cm³/mol. The van der Waals surface area contributed by atoms with Crippen LogP contribution in [0.1, 0.15) is 17.3 Å². The molecule has 0 fully saturated rings. The minimum atomic E-state index is -3.68. The van der Waals surface area contributed by atoms with Crippen LogP contribution in [0, 0.1) is 10.1 Å². The van der Waals surface area contributed by atoms with Crippen LogP contribution in [-0.4, -0.2) is 42.6 Å². The highest BCUT2D eigenvalue weighted by molar-refractivity contribution is 7.90. The number of non-ortho nitro benzene ring substituents is 1. The van der Waals surface area contributed by atoms with Crippen LogP contribution in [0.25, 0.3) is 10.2 Å². The zero-order valence-electron chi connectivity index (χ0n) is 16.5. The van der Waals surface area contributed by atoms with Gasteiger partial charge in [-0.15, -0.1) is 0 Å². The maximum atomic E-state index is 12.8. The summed E-state index contributed by atoms with van der Waals surface area (Å²) in [7, 11) is -3.68. The first kappa shape index (κ1) is 22.3. The number of fused-ring (bicyclic) bond motifs is 1. The first-order valence-corrected chi connectivity index (χ1v) is 11.6. The Hall–Kier alpha value is -3.38. The van der Waals surface area contributed by atoms with Crippen LogP contribution in [0.5, 0.6) is 0 Å². The molecule has 12 heteroatoms. The van der Waals surface area contributed by atoms with Crippen LogP contribution in [0.3, 0.4) is 0 Å².